The van der Waals surface area contributed by atoms with Gasteiger partial charge in [0.15, 0.2) is 0 Å². The Kier molecular flexibility index (Phi) is 5.80. The third-order valence-corrected chi connectivity index (χ3v) is 2.58. The van der Waals surface area contributed by atoms with E-state index >= 15 is 0 Å². The zero-order valence-corrected chi connectivity index (χ0v) is 10.3. The van der Waals surface area contributed by atoms with Crippen LogP contribution in [0.2, 0.25) is 0 Å². The van der Waals surface area contributed by atoms with Gasteiger partial charge in [0.2, 0.25) is 0 Å². The Labute approximate surface area is 105 Å². The Morgan fingerprint density at radius 2 is 2.17 bits per heavy atom. The first-order valence-corrected chi connectivity index (χ1v) is 5.63. The van der Waals surface area contributed by atoms with Crippen LogP contribution in [-0.4, -0.2) is 38.3 Å². The maximum absolute atomic E-state index is 12.5. The van der Waals surface area contributed by atoms with Gasteiger partial charge in [-0.05, 0) is 11.6 Å². The Morgan fingerprint density at radius 1 is 1.44 bits per heavy atom. The molecule has 0 aliphatic carbocycles. The molecular weight excluding hydrogens is 242 g/mol. The van der Waals surface area contributed by atoms with Crippen LogP contribution in [0.5, 0.6) is 5.75 Å². The first-order chi connectivity index (χ1) is 8.62. The number of nitrogens with two attached hydrogens (primary N) is 1. The van der Waals surface area contributed by atoms with Crippen molar-refractivity contribution in [3.63, 3.8) is 0 Å². The lowest BCUT2D eigenvalue weighted by molar-refractivity contribution is 0.152. The van der Waals surface area contributed by atoms with Gasteiger partial charge in [-0.3, -0.25) is 0 Å². The van der Waals surface area contributed by atoms with Crippen LogP contribution in [0, 0.1) is 0 Å². The third-order valence-electron chi connectivity index (χ3n) is 2.58. The number of aliphatic hydroxyl groups is 1. The van der Waals surface area contributed by atoms with Crippen molar-refractivity contribution in [1.82, 2.24) is 0 Å². The molecule has 1 rings (SSSR count). The van der Waals surface area contributed by atoms with Crippen LogP contribution in [-0.2, 0) is 6.54 Å². The summed E-state index contributed by atoms with van der Waals surface area (Å²) in [5.74, 6) is 0.569. The molecule has 18 heavy (non-hydrogen) atoms. The van der Waals surface area contributed by atoms with E-state index < -0.39 is 13.0 Å². The molecule has 0 bridgehead atoms. The summed E-state index contributed by atoms with van der Waals surface area (Å²) in [6.45, 7) is -0.274. The van der Waals surface area contributed by atoms with Crippen molar-refractivity contribution in [2.45, 2.75) is 13.0 Å². The van der Waals surface area contributed by atoms with Gasteiger partial charge in [-0.2, -0.15) is 0 Å². The average Bonchev–Trinajstić information content (AvgIpc) is 2.37. The van der Waals surface area contributed by atoms with E-state index in [1.807, 2.05) is 0 Å². The van der Waals surface area contributed by atoms with Gasteiger partial charge in [0.1, 0.15) is 5.75 Å². The largest absolute Gasteiger partial charge is 0.497 e. The van der Waals surface area contributed by atoms with E-state index in [0.29, 0.717) is 11.4 Å². The molecule has 1 aromatic rings. The van der Waals surface area contributed by atoms with Crippen molar-refractivity contribution >= 4 is 5.69 Å². The minimum Gasteiger partial charge on any atom is -0.497 e. The summed E-state index contributed by atoms with van der Waals surface area (Å²) in [6.07, 6.45) is -2.48. The van der Waals surface area contributed by atoms with Crippen LogP contribution in [0.1, 0.15) is 5.56 Å². The third kappa shape index (κ3) is 3.82. The summed E-state index contributed by atoms with van der Waals surface area (Å²) in [5, 5.41) is 8.95. The van der Waals surface area contributed by atoms with Gasteiger partial charge in [0.25, 0.3) is 6.43 Å². The summed E-state index contributed by atoms with van der Waals surface area (Å²) >= 11 is 0. The number of anilines is 1. The number of methoxy groups -OCH3 is 1. The fraction of sp³-hybridized carbons (Fsp3) is 0.500. The van der Waals surface area contributed by atoms with E-state index in [4.69, 9.17) is 15.6 Å². The lowest BCUT2D eigenvalue weighted by Gasteiger charge is -2.26. The second-order valence-corrected chi connectivity index (χ2v) is 3.76. The second kappa shape index (κ2) is 7.13. The topological polar surface area (TPSA) is 58.7 Å². The van der Waals surface area contributed by atoms with Crippen molar-refractivity contribution in [1.29, 1.82) is 0 Å². The molecule has 1 aromatic carbocycles. The molecule has 6 heteroatoms. The second-order valence-electron chi connectivity index (χ2n) is 3.76. The van der Waals surface area contributed by atoms with E-state index in [2.05, 4.69) is 0 Å². The molecule has 0 unspecified atom stereocenters. The van der Waals surface area contributed by atoms with Gasteiger partial charge in [-0.1, -0.05) is 6.07 Å². The zero-order valence-electron chi connectivity index (χ0n) is 10.3. The van der Waals surface area contributed by atoms with Crippen LogP contribution < -0.4 is 15.4 Å². The Morgan fingerprint density at radius 3 is 2.67 bits per heavy atom. The smallest absolute Gasteiger partial charge is 0.255 e. The summed E-state index contributed by atoms with van der Waals surface area (Å²) in [7, 11) is 1.50. The molecule has 3 N–H and O–H groups in total. The fourth-order valence-corrected chi connectivity index (χ4v) is 1.74. The Hall–Kier alpha value is -1.40. The monoisotopic (exact) mass is 260 g/mol. The molecular formula is C12H18F2N2O2. The standard InChI is InChI=1S/C12H18F2N2O2/c1-18-10-3-2-9(7-15)11(6-10)16(4-5-17)8-12(13)14/h2-3,6,12,17H,4-5,7-8,15H2,1H3. The highest BCUT2D eigenvalue weighted by Gasteiger charge is 2.16. The van der Waals surface area contributed by atoms with Crippen LogP contribution in [0.4, 0.5) is 14.5 Å². The highest BCUT2D eigenvalue weighted by molar-refractivity contribution is 5.57. The van der Waals surface area contributed by atoms with Crippen LogP contribution >= 0.6 is 0 Å². The van der Waals surface area contributed by atoms with Crippen molar-refractivity contribution in [3.05, 3.63) is 23.8 Å². The van der Waals surface area contributed by atoms with Crippen LogP contribution in [0.3, 0.4) is 0 Å². The summed E-state index contributed by atoms with van der Waals surface area (Å²) in [4.78, 5) is 1.41. The van der Waals surface area contributed by atoms with Crippen molar-refractivity contribution < 1.29 is 18.6 Å². The molecule has 0 spiro atoms. The molecule has 4 nitrogen and oxygen atoms in total. The number of hydrogen-bond acceptors (Lipinski definition) is 4. The van der Waals surface area contributed by atoms with E-state index in [1.165, 1.54) is 12.0 Å². The Bertz CT molecular complexity index is 375. The summed E-state index contributed by atoms with van der Waals surface area (Å²) < 4.78 is 30.1. The fourth-order valence-electron chi connectivity index (χ4n) is 1.74. The van der Waals surface area contributed by atoms with Crippen molar-refractivity contribution in [2.24, 2.45) is 5.73 Å². The minimum atomic E-state index is -2.48. The van der Waals surface area contributed by atoms with E-state index in [-0.39, 0.29) is 19.7 Å². The molecule has 0 saturated carbocycles. The molecule has 0 amide bonds. The molecule has 0 atom stereocenters. The van der Waals surface area contributed by atoms with Gasteiger partial charge in [-0.15, -0.1) is 0 Å². The lowest BCUT2D eigenvalue weighted by atomic mass is 10.1. The SMILES string of the molecule is COc1ccc(CN)c(N(CCO)CC(F)F)c1. The number of nitrogens with zero attached hydrogens (tertiary/aromatic N) is 1. The molecule has 0 radical (unpaired) electrons. The van der Waals surface area contributed by atoms with E-state index in [0.717, 1.165) is 5.56 Å². The highest BCUT2D eigenvalue weighted by Crippen LogP contribution is 2.26. The number of alkyl halides is 2. The maximum Gasteiger partial charge on any atom is 0.255 e. The van der Waals surface area contributed by atoms with Gasteiger partial charge < -0.3 is 20.5 Å². The molecule has 0 aliphatic rings. The number of benzene rings is 1. The first-order valence-electron chi connectivity index (χ1n) is 5.63. The predicted molar refractivity (Wildman–Crippen MR) is 66.2 cm³/mol. The maximum atomic E-state index is 12.5. The van der Waals surface area contributed by atoms with Crippen molar-refractivity contribution in [3.8, 4) is 5.75 Å². The van der Waals surface area contributed by atoms with E-state index in [9.17, 15) is 8.78 Å². The first kappa shape index (κ1) is 14.7. The lowest BCUT2D eigenvalue weighted by Crippen LogP contribution is -2.32. The zero-order chi connectivity index (χ0) is 13.5. The quantitative estimate of drug-likeness (QED) is 0.774. The van der Waals surface area contributed by atoms with Gasteiger partial charge in [0.05, 0.1) is 20.3 Å². The van der Waals surface area contributed by atoms with Crippen LogP contribution in [0.25, 0.3) is 0 Å². The van der Waals surface area contributed by atoms with Crippen LogP contribution in [0.15, 0.2) is 18.2 Å². The number of rotatable bonds is 7. The normalized spacial score (nSPS) is 10.8. The van der Waals surface area contributed by atoms with Crippen molar-refractivity contribution in [2.75, 3.05) is 31.7 Å². The number of ether oxygens (including phenoxy) is 1. The Balaban J connectivity index is 3.06. The average molecular weight is 260 g/mol. The van der Waals surface area contributed by atoms with Gasteiger partial charge in [0, 0.05) is 24.8 Å². The molecule has 0 aliphatic heterocycles. The number of hydrogen-bond donors (Lipinski definition) is 2. The minimum absolute atomic E-state index is 0.129. The molecule has 0 saturated heterocycles. The molecule has 0 fully saturated rings. The molecule has 0 aromatic heterocycles. The highest BCUT2D eigenvalue weighted by atomic mass is 19.3. The van der Waals surface area contributed by atoms with Gasteiger partial charge >= 0.3 is 0 Å². The van der Waals surface area contributed by atoms with Gasteiger partial charge in [-0.25, -0.2) is 8.78 Å². The molecule has 102 valence electrons. The number of halogens is 2. The summed E-state index contributed by atoms with van der Waals surface area (Å²) in [5.41, 5.74) is 6.91. The number of aliphatic hydroxyl groups excluding tert-OH is 1. The van der Waals surface area contributed by atoms with E-state index in [1.54, 1.807) is 18.2 Å². The predicted octanol–water partition coefficient (Wildman–Crippen LogP) is 1.22. The summed E-state index contributed by atoms with van der Waals surface area (Å²) in [6, 6.07) is 5.12. The molecule has 0 heterocycles.